The smallest absolute Gasteiger partial charge is 0.330 e. The lowest BCUT2D eigenvalue weighted by Crippen LogP contribution is -2.36. The lowest BCUT2D eigenvalue weighted by molar-refractivity contribution is 0.102. The molecule has 0 fully saturated rings. The minimum Gasteiger partial charge on any atom is -0.397 e. The summed E-state index contributed by atoms with van der Waals surface area (Å²) in [7, 11) is 3.11. The zero-order valence-corrected chi connectivity index (χ0v) is 17.8. The van der Waals surface area contributed by atoms with Crippen molar-refractivity contribution in [1.82, 2.24) is 9.13 Å². The molecule has 0 aliphatic rings. The topological polar surface area (TPSA) is 111 Å². The number of carbonyl (C=O) groups is 1. The summed E-state index contributed by atoms with van der Waals surface area (Å²) in [5, 5.41) is 6.55. The fourth-order valence-corrected chi connectivity index (χ4v) is 3.49. The number of aromatic nitrogens is 2. The van der Waals surface area contributed by atoms with E-state index in [0.29, 0.717) is 34.4 Å². The Morgan fingerprint density at radius 2 is 1.66 bits per heavy atom. The van der Waals surface area contributed by atoms with Crippen molar-refractivity contribution in [1.29, 1.82) is 0 Å². The highest BCUT2D eigenvalue weighted by Gasteiger charge is 2.10. The van der Waals surface area contributed by atoms with E-state index in [1.807, 2.05) is 24.3 Å². The Kier molecular flexibility index (Phi) is 5.51. The minimum atomic E-state index is -0.359. The highest BCUT2D eigenvalue weighted by molar-refractivity contribution is 6.05. The van der Waals surface area contributed by atoms with E-state index >= 15 is 0 Å². The van der Waals surface area contributed by atoms with E-state index in [-0.39, 0.29) is 17.2 Å². The number of para-hydroxylation sites is 2. The van der Waals surface area contributed by atoms with Gasteiger partial charge in [-0.05, 0) is 48.0 Å². The molecule has 1 heterocycles. The van der Waals surface area contributed by atoms with Gasteiger partial charge in [0.1, 0.15) is 0 Å². The molecule has 0 saturated carbocycles. The zero-order chi connectivity index (χ0) is 22.8. The predicted octanol–water partition coefficient (Wildman–Crippen LogP) is 2.68. The first-order valence-electron chi connectivity index (χ1n) is 10.0. The highest BCUT2D eigenvalue weighted by Crippen LogP contribution is 2.19. The van der Waals surface area contributed by atoms with Crippen LogP contribution < -0.4 is 27.6 Å². The van der Waals surface area contributed by atoms with Crippen LogP contribution in [-0.2, 0) is 20.6 Å². The molecule has 1 aromatic heterocycles. The number of anilines is 3. The van der Waals surface area contributed by atoms with Crippen molar-refractivity contribution in [3.63, 3.8) is 0 Å². The number of hydrogen-bond acceptors (Lipinski definition) is 5. The van der Waals surface area contributed by atoms with Gasteiger partial charge in [-0.25, -0.2) is 4.79 Å². The third-order valence-corrected chi connectivity index (χ3v) is 5.39. The molecule has 8 nitrogen and oxygen atoms in total. The largest absolute Gasteiger partial charge is 0.397 e. The van der Waals surface area contributed by atoms with Crippen molar-refractivity contribution >= 4 is 33.9 Å². The maximum atomic E-state index is 12.5. The van der Waals surface area contributed by atoms with Crippen LogP contribution in [0.3, 0.4) is 0 Å². The standard InChI is InChI=1S/C24H23N5O3/c1-28-21-12-11-17(13-18(21)23(31)29(2)24(28)32)26-14-15-7-9-16(10-8-15)22(30)27-20-6-4-3-5-19(20)25/h3-13,26H,14,25H2,1-2H3,(H,27,30). The van der Waals surface area contributed by atoms with Gasteiger partial charge in [0.15, 0.2) is 0 Å². The summed E-state index contributed by atoms with van der Waals surface area (Å²) < 4.78 is 2.55. The quantitative estimate of drug-likeness (QED) is 0.423. The molecule has 3 aromatic carbocycles. The van der Waals surface area contributed by atoms with Gasteiger partial charge in [-0.1, -0.05) is 24.3 Å². The number of aryl methyl sites for hydroxylation is 1. The molecule has 0 atom stereocenters. The van der Waals surface area contributed by atoms with Crippen LogP contribution in [0.5, 0.6) is 0 Å². The van der Waals surface area contributed by atoms with E-state index in [4.69, 9.17) is 5.73 Å². The average Bonchev–Trinajstić information content (AvgIpc) is 2.81. The summed E-state index contributed by atoms with van der Waals surface area (Å²) in [6.45, 7) is 0.505. The summed E-state index contributed by atoms with van der Waals surface area (Å²) in [4.78, 5) is 37.0. The van der Waals surface area contributed by atoms with E-state index < -0.39 is 0 Å². The Morgan fingerprint density at radius 1 is 0.938 bits per heavy atom. The SMILES string of the molecule is Cn1c(=O)c2cc(NCc3ccc(C(=O)Nc4ccccc4N)cc3)ccc2n(C)c1=O. The molecular weight excluding hydrogens is 406 g/mol. The number of benzene rings is 3. The highest BCUT2D eigenvalue weighted by atomic mass is 16.2. The van der Waals surface area contributed by atoms with Crippen molar-refractivity contribution in [2.45, 2.75) is 6.54 Å². The van der Waals surface area contributed by atoms with Crippen LogP contribution in [-0.4, -0.2) is 15.0 Å². The predicted molar refractivity (Wildman–Crippen MR) is 127 cm³/mol. The number of nitrogen functional groups attached to an aromatic ring is 1. The van der Waals surface area contributed by atoms with E-state index in [1.165, 1.54) is 11.6 Å². The second-order valence-corrected chi connectivity index (χ2v) is 7.53. The second kappa shape index (κ2) is 8.43. The van der Waals surface area contributed by atoms with Crippen LogP contribution in [0.15, 0.2) is 76.3 Å². The van der Waals surface area contributed by atoms with Gasteiger partial charge in [0, 0.05) is 31.9 Å². The Bertz CT molecular complexity index is 1440. The van der Waals surface area contributed by atoms with Crippen LogP contribution in [0.1, 0.15) is 15.9 Å². The molecule has 0 spiro atoms. The summed E-state index contributed by atoms with van der Waals surface area (Å²) >= 11 is 0. The van der Waals surface area contributed by atoms with Crippen LogP contribution in [0.2, 0.25) is 0 Å². The maximum Gasteiger partial charge on any atom is 0.330 e. The summed E-state index contributed by atoms with van der Waals surface area (Å²) in [5.74, 6) is -0.238. The lowest BCUT2D eigenvalue weighted by atomic mass is 10.1. The van der Waals surface area contributed by atoms with Gasteiger partial charge in [0.2, 0.25) is 0 Å². The summed E-state index contributed by atoms with van der Waals surface area (Å²) in [5.41, 5.74) is 9.09. The molecule has 0 aliphatic heterocycles. The molecule has 0 aliphatic carbocycles. The molecule has 0 radical (unpaired) electrons. The number of fused-ring (bicyclic) bond motifs is 1. The zero-order valence-electron chi connectivity index (χ0n) is 17.8. The number of carbonyl (C=O) groups excluding carboxylic acids is 1. The normalized spacial score (nSPS) is 10.8. The maximum absolute atomic E-state index is 12.5. The summed E-state index contributed by atoms with van der Waals surface area (Å²) in [6.07, 6.45) is 0. The number of nitrogens with zero attached hydrogens (tertiary/aromatic N) is 2. The molecule has 4 N–H and O–H groups in total. The van der Waals surface area contributed by atoms with Gasteiger partial charge in [-0.2, -0.15) is 0 Å². The number of rotatable bonds is 5. The van der Waals surface area contributed by atoms with Gasteiger partial charge >= 0.3 is 5.69 Å². The van der Waals surface area contributed by atoms with Gasteiger partial charge in [0.25, 0.3) is 11.5 Å². The molecule has 4 rings (SSSR count). The minimum absolute atomic E-state index is 0.238. The molecular formula is C24H23N5O3. The number of hydrogen-bond donors (Lipinski definition) is 3. The molecule has 0 unspecified atom stereocenters. The van der Waals surface area contributed by atoms with E-state index in [2.05, 4.69) is 10.6 Å². The third kappa shape index (κ3) is 3.98. The lowest BCUT2D eigenvalue weighted by Gasteiger charge is -2.11. The van der Waals surface area contributed by atoms with Crippen molar-refractivity contribution in [2.24, 2.45) is 14.1 Å². The van der Waals surface area contributed by atoms with Gasteiger partial charge in [-0.3, -0.25) is 18.7 Å². The summed E-state index contributed by atoms with van der Waals surface area (Å²) in [6, 6.07) is 19.6. The first kappa shape index (κ1) is 20.9. The Labute approximate surface area is 183 Å². The molecule has 0 bridgehead atoms. The second-order valence-electron chi connectivity index (χ2n) is 7.53. The number of nitrogens with one attached hydrogen (secondary N) is 2. The van der Waals surface area contributed by atoms with E-state index in [0.717, 1.165) is 15.8 Å². The van der Waals surface area contributed by atoms with Gasteiger partial charge in [-0.15, -0.1) is 0 Å². The van der Waals surface area contributed by atoms with E-state index in [1.54, 1.807) is 49.5 Å². The first-order chi connectivity index (χ1) is 15.3. The van der Waals surface area contributed by atoms with Gasteiger partial charge in [0.05, 0.1) is 22.3 Å². The Morgan fingerprint density at radius 3 is 2.38 bits per heavy atom. The monoisotopic (exact) mass is 429 g/mol. The van der Waals surface area contributed by atoms with Crippen LogP contribution in [0.4, 0.5) is 17.1 Å². The molecule has 8 heteroatoms. The third-order valence-electron chi connectivity index (χ3n) is 5.39. The van der Waals surface area contributed by atoms with Gasteiger partial charge < -0.3 is 16.4 Å². The Balaban J connectivity index is 1.47. The van der Waals surface area contributed by atoms with E-state index in [9.17, 15) is 14.4 Å². The fraction of sp³-hybridized carbons (Fsp3) is 0.125. The molecule has 1 amide bonds. The van der Waals surface area contributed by atoms with Crippen LogP contribution in [0.25, 0.3) is 10.9 Å². The number of nitrogens with two attached hydrogens (primary N) is 1. The molecule has 0 saturated heterocycles. The Hall–Kier alpha value is -4.33. The first-order valence-corrected chi connectivity index (χ1v) is 10.0. The molecule has 162 valence electrons. The van der Waals surface area contributed by atoms with Crippen LogP contribution >= 0.6 is 0 Å². The van der Waals surface area contributed by atoms with Crippen LogP contribution in [0, 0.1) is 0 Å². The fourth-order valence-electron chi connectivity index (χ4n) is 3.49. The molecule has 4 aromatic rings. The van der Waals surface area contributed by atoms with Crippen molar-refractivity contribution in [3.8, 4) is 0 Å². The molecule has 32 heavy (non-hydrogen) atoms. The van der Waals surface area contributed by atoms with Crippen molar-refractivity contribution < 1.29 is 4.79 Å². The van der Waals surface area contributed by atoms with Crippen molar-refractivity contribution in [3.05, 3.63) is 98.7 Å². The number of amides is 1. The van der Waals surface area contributed by atoms with Crippen molar-refractivity contribution in [2.75, 3.05) is 16.4 Å². The average molecular weight is 429 g/mol.